The lowest BCUT2D eigenvalue weighted by Crippen LogP contribution is -2.40. The molecule has 0 bridgehead atoms. The highest BCUT2D eigenvalue weighted by molar-refractivity contribution is 5.89. The Morgan fingerprint density at radius 2 is 1.83 bits per heavy atom. The highest BCUT2D eigenvalue weighted by Gasteiger charge is 2.41. The van der Waals surface area contributed by atoms with Gasteiger partial charge in [-0.1, -0.05) is 13.8 Å². The van der Waals surface area contributed by atoms with Gasteiger partial charge >= 0.3 is 0 Å². The second kappa shape index (κ2) is 3.56. The molecule has 0 N–H and O–H groups in total. The number of Topliss-reactive ketones (excluding diaryl/α,β-unsaturated/α-hetero) is 1. The van der Waals surface area contributed by atoms with Crippen molar-refractivity contribution in [2.75, 3.05) is 7.11 Å². The molecule has 1 fully saturated rings. The predicted molar refractivity (Wildman–Crippen MR) is 48.1 cm³/mol. The van der Waals surface area contributed by atoms with Crippen LogP contribution in [-0.2, 0) is 9.53 Å². The van der Waals surface area contributed by atoms with Gasteiger partial charge in [0.25, 0.3) is 0 Å². The smallest absolute Gasteiger partial charge is 0.167 e. The second-order valence-electron chi connectivity index (χ2n) is 3.92. The van der Waals surface area contributed by atoms with Crippen molar-refractivity contribution in [2.45, 2.75) is 45.1 Å². The van der Waals surface area contributed by atoms with Crippen LogP contribution in [0.1, 0.15) is 39.5 Å². The van der Waals surface area contributed by atoms with Gasteiger partial charge in [-0.15, -0.1) is 0 Å². The molecule has 1 aliphatic carbocycles. The van der Waals surface area contributed by atoms with Crippen molar-refractivity contribution in [2.24, 2.45) is 5.92 Å². The first-order valence-electron chi connectivity index (χ1n) is 4.72. The third kappa shape index (κ3) is 1.53. The minimum Gasteiger partial charge on any atom is -0.370 e. The van der Waals surface area contributed by atoms with Crippen LogP contribution in [0.15, 0.2) is 0 Å². The molecule has 0 spiro atoms. The Kier molecular flexibility index (Phi) is 2.89. The summed E-state index contributed by atoms with van der Waals surface area (Å²) in [7, 11) is 1.66. The summed E-state index contributed by atoms with van der Waals surface area (Å²) in [5.74, 6) is 0.380. The molecule has 0 aromatic heterocycles. The van der Waals surface area contributed by atoms with E-state index in [0.717, 1.165) is 25.7 Å². The van der Waals surface area contributed by atoms with Crippen molar-refractivity contribution in [1.82, 2.24) is 0 Å². The van der Waals surface area contributed by atoms with E-state index in [-0.39, 0.29) is 11.7 Å². The summed E-state index contributed by atoms with van der Waals surface area (Å²) >= 11 is 0. The average Bonchev–Trinajstić information content (AvgIpc) is 2.52. The average molecular weight is 170 g/mol. The standard InChI is InChI=1S/C10H18O2/c1-8(2)9(11)10(12-3)6-4-5-7-10/h8H,4-7H2,1-3H3. The van der Waals surface area contributed by atoms with Crippen molar-refractivity contribution in [3.63, 3.8) is 0 Å². The Bertz CT molecular complexity index is 167. The fraction of sp³-hybridized carbons (Fsp3) is 0.900. The van der Waals surface area contributed by atoms with Crippen molar-refractivity contribution in [3.8, 4) is 0 Å². The van der Waals surface area contributed by atoms with E-state index in [1.807, 2.05) is 13.8 Å². The SMILES string of the molecule is COC1(C(=O)C(C)C)CCCC1. The normalized spacial score (nSPS) is 21.7. The lowest BCUT2D eigenvalue weighted by atomic mass is 9.89. The summed E-state index contributed by atoms with van der Waals surface area (Å²) in [6, 6.07) is 0. The topological polar surface area (TPSA) is 26.3 Å². The van der Waals surface area contributed by atoms with Crippen LogP contribution in [0.25, 0.3) is 0 Å². The Morgan fingerprint density at radius 3 is 2.17 bits per heavy atom. The summed E-state index contributed by atoms with van der Waals surface area (Å²) in [5, 5.41) is 0. The number of carbonyl (C=O) groups excluding carboxylic acids is 1. The van der Waals surface area contributed by atoms with Crippen LogP contribution in [0.3, 0.4) is 0 Å². The first kappa shape index (κ1) is 9.72. The molecule has 0 atom stereocenters. The molecule has 0 heterocycles. The maximum Gasteiger partial charge on any atom is 0.167 e. The molecule has 0 aliphatic heterocycles. The number of methoxy groups -OCH3 is 1. The molecular weight excluding hydrogens is 152 g/mol. The van der Waals surface area contributed by atoms with Gasteiger partial charge in [0.2, 0.25) is 0 Å². The zero-order valence-electron chi connectivity index (χ0n) is 8.22. The maximum absolute atomic E-state index is 11.8. The summed E-state index contributed by atoms with van der Waals surface area (Å²) < 4.78 is 5.37. The fourth-order valence-electron chi connectivity index (χ4n) is 2.02. The van der Waals surface area contributed by atoms with Crippen LogP contribution in [0.5, 0.6) is 0 Å². The minimum atomic E-state index is -0.422. The van der Waals surface area contributed by atoms with Crippen LogP contribution in [0, 0.1) is 5.92 Å². The maximum atomic E-state index is 11.8. The molecule has 1 rings (SSSR count). The number of rotatable bonds is 3. The van der Waals surface area contributed by atoms with Gasteiger partial charge in [0.1, 0.15) is 5.60 Å². The number of ketones is 1. The van der Waals surface area contributed by atoms with Crippen molar-refractivity contribution < 1.29 is 9.53 Å². The number of hydrogen-bond donors (Lipinski definition) is 0. The summed E-state index contributed by atoms with van der Waals surface area (Å²) in [6.07, 6.45) is 4.10. The fourth-order valence-corrected chi connectivity index (χ4v) is 2.02. The molecule has 2 nitrogen and oxygen atoms in total. The lowest BCUT2D eigenvalue weighted by Gasteiger charge is -2.27. The van der Waals surface area contributed by atoms with Gasteiger partial charge in [-0.2, -0.15) is 0 Å². The summed E-state index contributed by atoms with van der Waals surface area (Å²) in [6.45, 7) is 3.89. The Hall–Kier alpha value is -0.370. The summed E-state index contributed by atoms with van der Waals surface area (Å²) in [5.41, 5.74) is -0.422. The first-order valence-corrected chi connectivity index (χ1v) is 4.72. The molecule has 1 aliphatic rings. The van der Waals surface area contributed by atoms with Crippen molar-refractivity contribution in [1.29, 1.82) is 0 Å². The van der Waals surface area contributed by atoms with E-state index in [1.54, 1.807) is 7.11 Å². The molecule has 0 radical (unpaired) electrons. The van der Waals surface area contributed by atoms with Gasteiger partial charge in [-0.3, -0.25) is 4.79 Å². The Balaban J connectivity index is 2.72. The van der Waals surface area contributed by atoms with Crippen molar-refractivity contribution >= 4 is 5.78 Å². The zero-order chi connectivity index (χ0) is 9.19. The van der Waals surface area contributed by atoms with E-state index in [4.69, 9.17) is 4.74 Å². The van der Waals surface area contributed by atoms with Crippen LogP contribution < -0.4 is 0 Å². The van der Waals surface area contributed by atoms with E-state index < -0.39 is 5.60 Å². The van der Waals surface area contributed by atoms with Gasteiger partial charge in [0, 0.05) is 13.0 Å². The predicted octanol–water partition coefficient (Wildman–Crippen LogP) is 2.17. The van der Waals surface area contributed by atoms with Crippen LogP contribution in [0.4, 0.5) is 0 Å². The molecule has 0 aromatic carbocycles. The molecule has 70 valence electrons. The van der Waals surface area contributed by atoms with E-state index in [1.165, 1.54) is 0 Å². The Labute approximate surface area is 74.3 Å². The van der Waals surface area contributed by atoms with Gasteiger partial charge in [0.15, 0.2) is 5.78 Å². The molecule has 0 saturated heterocycles. The van der Waals surface area contributed by atoms with E-state index in [2.05, 4.69) is 0 Å². The Morgan fingerprint density at radius 1 is 1.33 bits per heavy atom. The molecule has 1 saturated carbocycles. The van der Waals surface area contributed by atoms with Crippen LogP contribution in [0.2, 0.25) is 0 Å². The number of hydrogen-bond acceptors (Lipinski definition) is 2. The molecule has 2 heteroatoms. The molecule has 0 amide bonds. The molecule has 0 aromatic rings. The summed E-state index contributed by atoms with van der Waals surface area (Å²) in [4.78, 5) is 11.8. The van der Waals surface area contributed by atoms with Gasteiger partial charge < -0.3 is 4.74 Å². The third-order valence-electron chi connectivity index (χ3n) is 2.78. The molecular formula is C10H18O2. The van der Waals surface area contributed by atoms with Crippen LogP contribution in [-0.4, -0.2) is 18.5 Å². The minimum absolute atomic E-state index is 0.100. The highest BCUT2D eigenvalue weighted by atomic mass is 16.5. The number of carbonyl (C=O) groups is 1. The first-order chi connectivity index (χ1) is 5.62. The van der Waals surface area contributed by atoms with E-state index in [9.17, 15) is 4.79 Å². The van der Waals surface area contributed by atoms with Crippen molar-refractivity contribution in [3.05, 3.63) is 0 Å². The quantitative estimate of drug-likeness (QED) is 0.649. The molecule has 12 heavy (non-hydrogen) atoms. The largest absolute Gasteiger partial charge is 0.370 e. The second-order valence-corrected chi connectivity index (χ2v) is 3.92. The highest BCUT2D eigenvalue weighted by Crippen LogP contribution is 2.35. The lowest BCUT2D eigenvalue weighted by molar-refractivity contribution is -0.143. The monoisotopic (exact) mass is 170 g/mol. The van der Waals surface area contributed by atoms with Crippen LogP contribution >= 0.6 is 0 Å². The van der Waals surface area contributed by atoms with Gasteiger partial charge in [0.05, 0.1) is 0 Å². The van der Waals surface area contributed by atoms with E-state index >= 15 is 0 Å². The zero-order valence-corrected chi connectivity index (χ0v) is 8.22. The number of ether oxygens (including phenoxy) is 1. The third-order valence-corrected chi connectivity index (χ3v) is 2.78. The molecule has 0 unspecified atom stereocenters. The van der Waals surface area contributed by atoms with Gasteiger partial charge in [-0.25, -0.2) is 0 Å². The van der Waals surface area contributed by atoms with E-state index in [0.29, 0.717) is 0 Å². The van der Waals surface area contributed by atoms with Gasteiger partial charge in [-0.05, 0) is 25.7 Å².